The van der Waals surface area contributed by atoms with Gasteiger partial charge in [-0.05, 0) is 37.3 Å². The van der Waals surface area contributed by atoms with Gasteiger partial charge in [-0.1, -0.05) is 40.6 Å². The first-order valence-corrected chi connectivity index (χ1v) is 10.5. The second kappa shape index (κ2) is 8.57. The summed E-state index contributed by atoms with van der Waals surface area (Å²) >= 11 is 7.63. The number of rotatable bonds is 5. The summed E-state index contributed by atoms with van der Waals surface area (Å²) in [6.45, 7) is 6.63. The SMILES string of the molecule is Cc1cccc(C(=O)N(CCN2CCOCC2)c2nc3ccc(Cl)cc3s2)c1. The lowest BCUT2D eigenvalue weighted by molar-refractivity contribution is 0.0391. The average molecular weight is 416 g/mol. The molecular weight excluding hydrogens is 394 g/mol. The summed E-state index contributed by atoms with van der Waals surface area (Å²) in [6, 6.07) is 13.3. The Kier molecular flexibility index (Phi) is 5.92. The molecule has 2 aromatic carbocycles. The highest BCUT2D eigenvalue weighted by Gasteiger charge is 2.23. The minimum absolute atomic E-state index is 0.0258. The summed E-state index contributed by atoms with van der Waals surface area (Å²) < 4.78 is 6.41. The smallest absolute Gasteiger partial charge is 0.260 e. The van der Waals surface area contributed by atoms with Crippen molar-refractivity contribution in [3.63, 3.8) is 0 Å². The second-order valence-corrected chi connectivity index (χ2v) is 8.33. The van der Waals surface area contributed by atoms with Crippen LogP contribution < -0.4 is 4.90 Å². The van der Waals surface area contributed by atoms with Gasteiger partial charge in [-0.25, -0.2) is 4.98 Å². The number of amides is 1. The maximum Gasteiger partial charge on any atom is 0.260 e. The monoisotopic (exact) mass is 415 g/mol. The fourth-order valence-corrected chi connectivity index (χ4v) is 4.55. The molecule has 7 heteroatoms. The number of ether oxygens (including phenoxy) is 1. The number of aryl methyl sites for hydroxylation is 1. The molecule has 3 aromatic rings. The average Bonchev–Trinajstić information content (AvgIpc) is 3.11. The predicted octanol–water partition coefficient (Wildman–Crippen LogP) is 4.24. The van der Waals surface area contributed by atoms with Crippen LogP contribution in [-0.2, 0) is 4.74 Å². The van der Waals surface area contributed by atoms with Crippen LogP contribution in [0, 0.1) is 6.92 Å². The fourth-order valence-electron chi connectivity index (χ4n) is 3.29. The second-order valence-electron chi connectivity index (χ2n) is 6.89. The Bertz CT molecular complexity index is 985. The molecule has 0 spiro atoms. The molecular formula is C21H22ClN3O2S. The first kappa shape index (κ1) is 19.3. The van der Waals surface area contributed by atoms with Gasteiger partial charge in [-0.2, -0.15) is 0 Å². The van der Waals surface area contributed by atoms with Crippen LogP contribution in [0.5, 0.6) is 0 Å². The Morgan fingerprint density at radius 2 is 2.07 bits per heavy atom. The van der Waals surface area contributed by atoms with Gasteiger partial charge in [-0.15, -0.1) is 0 Å². The van der Waals surface area contributed by atoms with Crippen LogP contribution in [0.15, 0.2) is 42.5 Å². The number of hydrogen-bond acceptors (Lipinski definition) is 5. The van der Waals surface area contributed by atoms with E-state index in [1.165, 1.54) is 11.3 Å². The number of carbonyl (C=O) groups excluding carboxylic acids is 1. The third kappa shape index (κ3) is 4.36. The molecule has 0 bridgehead atoms. The summed E-state index contributed by atoms with van der Waals surface area (Å²) in [5.41, 5.74) is 2.60. The molecule has 0 atom stereocenters. The fraction of sp³-hybridized carbons (Fsp3) is 0.333. The highest BCUT2D eigenvalue weighted by atomic mass is 35.5. The van der Waals surface area contributed by atoms with E-state index >= 15 is 0 Å². The number of benzene rings is 2. The van der Waals surface area contributed by atoms with Crippen LogP contribution in [0.2, 0.25) is 5.02 Å². The molecule has 28 heavy (non-hydrogen) atoms. The van der Waals surface area contributed by atoms with Crippen molar-refractivity contribution in [3.8, 4) is 0 Å². The number of carbonyl (C=O) groups is 1. The normalized spacial score (nSPS) is 15.1. The van der Waals surface area contributed by atoms with Crippen LogP contribution in [0.3, 0.4) is 0 Å². The van der Waals surface area contributed by atoms with E-state index in [0.29, 0.717) is 22.3 Å². The molecule has 146 valence electrons. The molecule has 0 radical (unpaired) electrons. The summed E-state index contributed by atoms with van der Waals surface area (Å²) in [5.74, 6) is -0.0258. The van der Waals surface area contributed by atoms with Crippen molar-refractivity contribution >= 4 is 44.2 Å². The van der Waals surface area contributed by atoms with Crippen LogP contribution >= 0.6 is 22.9 Å². The van der Waals surface area contributed by atoms with Gasteiger partial charge < -0.3 is 4.74 Å². The van der Waals surface area contributed by atoms with E-state index in [1.807, 2.05) is 49.4 Å². The number of hydrogen-bond donors (Lipinski definition) is 0. The van der Waals surface area contributed by atoms with Crippen LogP contribution in [0.4, 0.5) is 5.13 Å². The molecule has 0 saturated carbocycles. The highest BCUT2D eigenvalue weighted by Crippen LogP contribution is 2.31. The molecule has 0 N–H and O–H groups in total. The van der Waals surface area contributed by atoms with Gasteiger partial charge >= 0.3 is 0 Å². The van der Waals surface area contributed by atoms with Gasteiger partial charge in [-0.3, -0.25) is 14.6 Å². The number of aromatic nitrogens is 1. The molecule has 1 amide bonds. The van der Waals surface area contributed by atoms with E-state index in [9.17, 15) is 4.79 Å². The largest absolute Gasteiger partial charge is 0.379 e. The van der Waals surface area contributed by atoms with Crippen LogP contribution in [-0.4, -0.2) is 55.2 Å². The molecule has 0 aliphatic carbocycles. The number of halogens is 1. The zero-order valence-electron chi connectivity index (χ0n) is 15.7. The zero-order valence-corrected chi connectivity index (χ0v) is 17.3. The molecule has 1 aliphatic rings. The van der Waals surface area contributed by atoms with Crippen molar-refractivity contribution in [2.45, 2.75) is 6.92 Å². The van der Waals surface area contributed by atoms with E-state index < -0.39 is 0 Å². The van der Waals surface area contributed by atoms with E-state index in [-0.39, 0.29) is 5.91 Å². The van der Waals surface area contributed by atoms with Crippen molar-refractivity contribution in [3.05, 3.63) is 58.6 Å². The van der Waals surface area contributed by atoms with Crippen LogP contribution in [0.1, 0.15) is 15.9 Å². The maximum absolute atomic E-state index is 13.3. The van der Waals surface area contributed by atoms with E-state index in [1.54, 1.807) is 4.90 Å². The number of nitrogens with zero attached hydrogens (tertiary/aromatic N) is 3. The zero-order chi connectivity index (χ0) is 19.5. The van der Waals surface area contributed by atoms with E-state index in [0.717, 1.165) is 48.6 Å². The Hall–Kier alpha value is -1.99. The maximum atomic E-state index is 13.3. The van der Waals surface area contributed by atoms with Gasteiger partial charge in [0, 0.05) is 36.8 Å². The Morgan fingerprint density at radius 3 is 2.86 bits per heavy atom. The Morgan fingerprint density at radius 1 is 1.25 bits per heavy atom. The minimum Gasteiger partial charge on any atom is -0.379 e. The van der Waals surface area contributed by atoms with Crippen molar-refractivity contribution in [2.75, 3.05) is 44.3 Å². The number of fused-ring (bicyclic) bond motifs is 1. The first-order chi connectivity index (χ1) is 13.6. The lowest BCUT2D eigenvalue weighted by atomic mass is 10.1. The third-order valence-corrected chi connectivity index (χ3v) is 6.10. The van der Waals surface area contributed by atoms with Gasteiger partial charge in [0.15, 0.2) is 5.13 Å². The summed E-state index contributed by atoms with van der Waals surface area (Å²) in [7, 11) is 0. The molecule has 1 fully saturated rings. The van der Waals surface area contributed by atoms with Crippen molar-refractivity contribution < 1.29 is 9.53 Å². The van der Waals surface area contributed by atoms with E-state index in [4.69, 9.17) is 21.3 Å². The molecule has 1 aromatic heterocycles. The van der Waals surface area contributed by atoms with E-state index in [2.05, 4.69) is 4.90 Å². The van der Waals surface area contributed by atoms with Crippen molar-refractivity contribution in [1.29, 1.82) is 0 Å². The van der Waals surface area contributed by atoms with Gasteiger partial charge in [0.2, 0.25) is 0 Å². The van der Waals surface area contributed by atoms with Gasteiger partial charge in [0.05, 0.1) is 23.4 Å². The Labute approximate surface area is 173 Å². The first-order valence-electron chi connectivity index (χ1n) is 9.35. The molecule has 4 rings (SSSR count). The highest BCUT2D eigenvalue weighted by molar-refractivity contribution is 7.22. The molecule has 1 saturated heterocycles. The van der Waals surface area contributed by atoms with Gasteiger partial charge in [0.25, 0.3) is 5.91 Å². The number of morpholine rings is 1. The number of thiazole rings is 1. The molecule has 0 unspecified atom stereocenters. The van der Waals surface area contributed by atoms with Crippen LogP contribution in [0.25, 0.3) is 10.2 Å². The lowest BCUT2D eigenvalue weighted by Gasteiger charge is -2.29. The van der Waals surface area contributed by atoms with Crippen molar-refractivity contribution in [2.24, 2.45) is 0 Å². The topological polar surface area (TPSA) is 45.7 Å². The quantitative estimate of drug-likeness (QED) is 0.625. The standard InChI is InChI=1S/C21H22ClN3O2S/c1-15-3-2-4-16(13-15)20(26)25(8-7-24-9-11-27-12-10-24)21-23-18-6-5-17(22)14-19(18)28-21/h2-6,13-14H,7-12H2,1H3. The van der Waals surface area contributed by atoms with Crippen molar-refractivity contribution in [1.82, 2.24) is 9.88 Å². The molecule has 1 aliphatic heterocycles. The summed E-state index contributed by atoms with van der Waals surface area (Å²) in [4.78, 5) is 22.2. The van der Waals surface area contributed by atoms with Gasteiger partial charge in [0.1, 0.15) is 0 Å². The summed E-state index contributed by atoms with van der Waals surface area (Å²) in [6.07, 6.45) is 0. The molecule has 5 nitrogen and oxygen atoms in total. The third-order valence-electron chi connectivity index (χ3n) is 4.82. The minimum atomic E-state index is -0.0258. The lowest BCUT2D eigenvalue weighted by Crippen LogP contribution is -2.43. The number of anilines is 1. The molecule has 2 heterocycles. The Balaban J connectivity index is 1.63. The summed E-state index contributed by atoms with van der Waals surface area (Å²) in [5, 5.41) is 1.38. The predicted molar refractivity (Wildman–Crippen MR) is 115 cm³/mol.